The lowest BCUT2D eigenvalue weighted by atomic mass is 10.3. The van der Waals surface area contributed by atoms with Crippen LogP contribution >= 0.6 is 8.03 Å². The van der Waals surface area contributed by atoms with Crippen LogP contribution < -0.4 is 10.6 Å². The van der Waals surface area contributed by atoms with Gasteiger partial charge in [0, 0.05) is 13.1 Å². The number of amides is 2. The largest absolute Gasteiger partial charge is 0.508 e. The van der Waals surface area contributed by atoms with Crippen molar-refractivity contribution < 1.29 is 28.2 Å². The molecule has 0 spiro atoms. The summed E-state index contributed by atoms with van der Waals surface area (Å²) in [5.41, 5.74) is 0. The highest BCUT2D eigenvalue weighted by atomic mass is 31.1. The number of carbonyl (C=O) groups excluding carboxylic acids is 2. The molecular weight excluding hydrogens is 359 g/mol. The van der Waals surface area contributed by atoms with Crippen LogP contribution in [0, 0.1) is 0 Å². The smallest absolute Gasteiger partial charge is 0.446 e. The topological polar surface area (TPSA) is 103 Å². The second kappa shape index (κ2) is 17.0. The lowest BCUT2D eigenvalue weighted by molar-refractivity contribution is 0.0214. The average molecular weight is 393 g/mol. The summed E-state index contributed by atoms with van der Waals surface area (Å²) in [6.45, 7) is 6.83. The fraction of sp³-hybridized carbons (Fsp3) is 0.882. The third-order valence-corrected chi connectivity index (χ3v) is 4.49. The highest BCUT2D eigenvalue weighted by Gasteiger charge is 2.24. The lowest BCUT2D eigenvalue weighted by Crippen LogP contribution is -2.36. The molecule has 152 valence electrons. The Morgan fingerprint density at radius 1 is 0.885 bits per heavy atom. The molecule has 0 rings (SSSR count). The molecule has 2 atom stereocenters. The van der Waals surface area contributed by atoms with Crippen molar-refractivity contribution in [2.45, 2.75) is 65.4 Å². The molecule has 0 radical (unpaired) electrons. The Bertz CT molecular complexity index is 409. The van der Waals surface area contributed by atoms with E-state index in [1.54, 1.807) is 0 Å². The Hall–Kier alpha value is -1.40. The molecule has 2 amide bonds. The minimum absolute atomic E-state index is 0.0810. The van der Waals surface area contributed by atoms with Crippen molar-refractivity contribution in [3.63, 3.8) is 0 Å². The Labute approximate surface area is 157 Å². The van der Waals surface area contributed by atoms with Gasteiger partial charge in [0.15, 0.2) is 12.3 Å². The van der Waals surface area contributed by atoms with E-state index in [9.17, 15) is 14.2 Å². The van der Waals surface area contributed by atoms with Crippen molar-refractivity contribution in [3.05, 3.63) is 0 Å². The Morgan fingerprint density at radius 2 is 1.46 bits per heavy atom. The molecule has 0 saturated heterocycles. The Balaban J connectivity index is 4.35. The van der Waals surface area contributed by atoms with E-state index in [-0.39, 0.29) is 13.2 Å². The van der Waals surface area contributed by atoms with E-state index < -0.39 is 26.3 Å². The van der Waals surface area contributed by atoms with Gasteiger partial charge >= 0.3 is 20.2 Å². The van der Waals surface area contributed by atoms with Crippen molar-refractivity contribution in [2.24, 2.45) is 0 Å². The molecule has 0 saturated carbocycles. The highest BCUT2D eigenvalue weighted by Crippen LogP contribution is 2.24. The van der Waals surface area contributed by atoms with Gasteiger partial charge in [-0.05, 0) is 23.8 Å². The summed E-state index contributed by atoms with van der Waals surface area (Å²) in [4.78, 5) is 23.4. The molecule has 8 nitrogen and oxygen atoms in total. The molecule has 0 heterocycles. The van der Waals surface area contributed by atoms with Crippen molar-refractivity contribution in [1.82, 2.24) is 10.6 Å². The minimum Gasteiger partial charge on any atom is -0.446 e. The molecule has 26 heavy (non-hydrogen) atoms. The van der Waals surface area contributed by atoms with Gasteiger partial charge in [-0.15, -0.1) is 4.52 Å². The fourth-order valence-electron chi connectivity index (χ4n) is 1.78. The normalized spacial score (nSPS) is 12.2. The van der Waals surface area contributed by atoms with E-state index in [0.717, 1.165) is 38.5 Å². The maximum atomic E-state index is 11.8. The molecule has 0 aliphatic carbocycles. The molecule has 0 fully saturated rings. The standard InChI is InChI=1S/C17H33N2O6P/c1-4-7-10-18-16(20)23-13-15(14-24-26(22)12-9-6-3)25-17(21)19-11-8-5-2/h15H,4-14H2,1-3H3,(H-,18,19,20,21)/p+1/t15-/m1/s1. The number of nitrogens with one attached hydrogen (secondary N) is 2. The zero-order valence-electron chi connectivity index (χ0n) is 16.3. The first-order valence-corrected chi connectivity index (χ1v) is 10.8. The first-order valence-electron chi connectivity index (χ1n) is 9.46. The van der Waals surface area contributed by atoms with E-state index in [1.165, 1.54) is 0 Å². The first-order chi connectivity index (χ1) is 12.5. The summed E-state index contributed by atoms with van der Waals surface area (Å²) in [6.07, 6.45) is 3.80. The SMILES string of the molecule is CCCCNC(=O)OC[C@H](CO[P+](=O)CCCC)OC(=O)NCCCC. The minimum atomic E-state index is -1.81. The van der Waals surface area contributed by atoms with Gasteiger partial charge in [0.25, 0.3) is 0 Å². The summed E-state index contributed by atoms with van der Waals surface area (Å²) in [6, 6.07) is 0. The number of carbonyl (C=O) groups is 2. The summed E-state index contributed by atoms with van der Waals surface area (Å²) >= 11 is 0. The zero-order valence-corrected chi connectivity index (χ0v) is 17.1. The fourth-order valence-corrected chi connectivity index (χ4v) is 2.82. The van der Waals surface area contributed by atoms with Crippen molar-refractivity contribution >= 4 is 20.2 Å². The number of unbranched alkanes of at least 4 members (excludes halogenated alkanes) is 3. The monoisotopic (exact) mass is 393 g/mol. The predicted octanol–water partition coefficient (Wildman–Crippen LogP) is 3.97. The molecule has 0 aliphatic heterocycles. The van der Waals surface area contributed by atoms with E-state index >= 15 is 0 Å². The summed E-state index contributed by atoms with van der Waals surface area (Å²) in [5, 5.41) is 5.23. The van der Waals surface area contributed by atoms with Gasteiger partial charge in [-0.25, -0.2) is 9.59 Å². The third-order valence-electron chi connectivity index (χ3n) is 3.37. The molecule has 0 aromatic carbocycles. The van der Waals surface area contributed by atoms with Crippen LogP contribution in [0.2, 0.25) is 0 Å². The maximum absolute atomic E-state index is 11.8. The summed E-state index contributed by atoms with van der Waals surface area (Å²) in [7, 11) is -1.81. The Kier molecular flexibility index (Phi) is 16.1. The number of alkyl carbamates (subject to hydrolysis) is 2. The van der Waals surface area contributed by atoms with Crippen LogP contribution in [0.25, 0.3) is 0 Å². The molecular formula is C17H34N2O6P+. The molecule has 0 aromatic heterocycles. The van der Waals surface area contributed by atoms with Gasteiger partial charge in [-0.2, -0.15) is 0 Å². The van der Waals surface area contributed by atoms with Gasteiger partial charge in [-0.1, -0.05) is 40.0 Å². The molecule has 1 unspecified atom stereocenters. The van der Waals surface area contributed by atoms with Gasteiger partial charge < -0.3 is 20.1 Å². The number of hydrogen-bond acceptors (Lipinski definition) is 6. The van der Waals surface area contributed by atoms with E-state index in [0.29, 0.717) is 19.3 Å². The van der Waals surface area contributed by atoms with E-state index in [1.807, 2.05) is 20.8 Å². The average Bonchev–Trinajstić information content (AvgIpc) is 2.62. The van der Waals surface area contributed by atoms with Crippen LogP contribution in [-0.2, 0) is 18.6 Å². The van der Waals surface area contributed by atoms with Gasteiger partial charge in [0.2, 0.25) is 0 Å². The third kappa shape index (κ3) is 14.9. The zero-order chi connectivity index (χ0) is 19.6. The van der Waals surface area contributed by atoms with Crippen LogP contribution in [0.1, 0.15) is 59.3 Å². The van der Waals surface area contributed by atoms with Crippen LogP contribution in [0.5, 0.6) is 0 Å². The van der Waals surface area contributed by atoms with Gasteiger partial charge in [0.1, 0.15) is 13.2 Å². The van der Waals surface area contributed by atoms with E-state index in [4.69, 9.17) is 14.0 Å². The number of hydrogen-bond donors (Lipinski definition) is 2. The van der Waals surface area contributed by atoms with Crippen molar-refractivity contribution in [3.8, 4) is 0 Å². The van der Waals surface area contributed by atoms with Crippen LogP contribution in [0.3, 0.4) is 0 Å². The number of rotatable bonds is 15. The van der Waals surface area contributed by atoms with Crippen LogP contribution in [-0.4, -0.2) is 50.8 Å². The summed E-state index contributed by atoms with van der Waals surface area (Å²) < 4.78 is 27.3. The van der Waals surface area contributed by atoms with E-state index in [2.05, 4.69) is 10.6 Å². The highest BCUT2D eigenvalue weighted by molar-refractivity contribution is 7.39. The van der Waals surface area contributed by atoms with Gasteiger partial charge in [0.05, 0.1) is 0 Å². The first kappa shape index (κ1) is 24.6. The molecule has 2 N–H and O–H groups in total. The lowest BCUT2D eigenvalue weighted by Gasteiger charge is -2.16. The maximum Gasteiger partial charge on any atom is 0.508 e. The Morgan fingerprint density at radius 3 is 2.04 bits per heavy atom. The van der Waals surface area contributed by atoms with Crippen LogP contribution in [0.4, 0.5) is 9.59 Å². The molecule has 0 bridgehead atoms. The predicted molar refractivity (Wildman–Crippen MR) is 101 cm³/mol. The second-order valence-electron chi connectivity index (χ2n) is 5.89. The molecule has 0 aromatic rings. The quantitative estimate of drug-likeness (QED) is 0.322. The summed E-state index contributed by atoms with van der Waals surface area (Å²) in [5.74, 6) is 0. The molecule has 9 heteroatoms. The van der Waals surface area contributed by atoms with Crippen molar-refractivity contribution in [1.29, 1.82) is 0 Å². The van der Waals surface area contributed by atoms with Gasteiger partial charge in [-0.3, -0.25) is 0 Å². The van der Waals surface area contributed by atoms with Crippen molar-refractivity contribution in [2.75, 3.05) is 32.5 Å². The number of ether oxygens (including phenoxy) is 2. The molecule has 0 aliphatic rings. The second-order valence-corrected chi connectivity index (χ2v) is 7.26. The van der Waals surface area contributed by atoms with Crippen LogP contribution in [0.15, 0.2) is 0 Å².